The van der Waals surface area contributed by atoms with Crippen LogP contribution in [0.4, 0.5) is 0 Å². The van der Waals surface area contributed by atoms with E-state index in [0.717, 1.165) is 17.7 Å². The zero-order valence-electron chi connectivity index (χ0n) is 10.6. The molecule has 1 aliphatic carbocycles. The van der Waals surface area contributed by atoms with Gasteiger partial charge in [0.25, 0.3) is 0 Å². The summed E-state index contributed by atoms with van der Waals surface area (Å²) in [5.74, 6) is 2.02. The third-order valence-electron chi connectivity index (χ3n) is 3.07. The molecule has 2 aromatic heterocycles. The number of aryl methyl sites for hydroxylation is 1. The van der Waals surface area contributed by atoms with Crippen LogP contribution in [-0.4, -0.2) is 21.6 Å². The summed E-state index contributed by atoms with van der Waals surface area (Å²) >= 11 is 5.80. The Morgan fingerprint density at radius 1 is 1.26 bits per heavy atom. The van der Waals surface area contributed by atoms with Crippen molar-refractivity contribution in [3.05, 3.63) is 35.5 Å². The molecule has 98 valence electrons. The minimum absolute atomic E-state index is 0.470. The van der Waals surface area contributed by atoms with E-state index in [2.05, 4.69) is 15.0 Å². The molecular formula is C14H14ClN3O. The molecule has 3 rings (SSSR count). The number of halogens is 1. The SMILES string of the molecule is Cc1ncc(-c2ccc(Cl)nc2)c(OCC2CC2)n1. The lowest BCUT2D eigenvalue weighted by molar-refractivity contribution is 0.288. The highest BCUT2D eigenvalue weighted by molar-refractivity contribution is 6.29. The van der Waals surface area contributed by atoms with Crippen molar-refractivity contribution in [2.45, 2.75) is 19.8 Å². The second-order valence-electron chi connectivity index (χ2n) is 4.76. The highest BCUT2D eigenvalue weighted by Crippen LogP contribution is 2.32. The van der Waals surface area contributed by atoms with E-state index < -0.39 is 0 Å². The molecule has 1 aliphatic rings. The first-order chi connectivity index (χ1) is 9.22. The van der Waals surface area contributed by atoms with Gasteiger partial charge < -0.3 is 4.74 Å². The molecule has 2 heterocycles. The third kappa shape index (κ3) is 3.01. The molecule has 19 heavy (non-hydrogen) atoms. The largest absolute Gasteiger partial charge is 0.477 e. The topological polar surface area (TPSA) is 47.9 Å². The molecule has 4 nitrogen and oxygen atoms in total. The molecular weight excluding hydrogens is 262 g/mol. The minimum atomic E-state index is 0.470. The normalized spacial score (nSPS) is 14.4. The van der Waals surface area contributed by atoms with Crippen molar-refractivity contribution >= 4 is 11.6 Å². The van der Waals surface area contributed by atoms with E-state index in [4.69, 9.17) is 16.3 Å². The molecule has 0 atom stereocenters. The molecule has 0 bridgehead atoms. The van der Waals surface area contributed by atoms with Crippen molar-refractivity contribution < 1.29 is 4.74 Å². The predicted molar refractivity (Wildman–Crippen MR) is 73.2 cm³/mol. The Balaban J connectivity index is 1.91. The smallest absolute Gasteiger partial charge is 0.224 e. The number of aromatic nitrogens is 3. The van der Waals surface area contributed by atoms with Gasteiger partial charge in [0.05, 0.1) is 12.2 Å². The summed E-state index contributed by atoms with van der Waals surface area (Å²) in [6, 6.07) is 3.65. The summed E-state index contributed by atoms with van der Waals surface area (Å²) in [5.41, 5.74) is 1.77. The van der Waals surface area contributed by atoms with Gasteiger partial charge in [-0.05, 0) is 37.8 Å². The number of rotatable bonds is 4. The molecule has 0 N–H and O–H groups in total. The molecule has 0 radical (unpaired) electrons. The van der Waals surface area contributed by atoms with Crippen LogP contribution in [0.5, 0.6) is 5.88 Å². The number of hydrogen-bond acceptors (Lipinski definition) is 4. The first kappa shape index (κ1) is 12.4. The summed E-state index contributed by atoms with van der Waals surface area (Å²) < 4.78 is 5.81. The molecule has 0 aliphatic heterocycles. The second kappa shape index (κ2) is 5.13. The Bertz CT molecular complexity index is 582. The zero-order valence-corrected chi connectivity index (χ0v) is 11.4. The van der Waals surface area contributed by atoms with Gasteiger partial charge in [-0.3, -0.25) is 0 Å². The molecule has 2 aromatic rings. The van der Waals surface area contributed by atoms with Gasteiger partial charge in [0.2, 0.25) is 5.88 Å². The summed E-state index contributed by atoms with van der Waals surface area (Å²) in [7, 11) is 0. The van der Waals surface area contributed by atoms with Gasteiger partial charge in [-0.25, -0.2) is 9.97 Å². The van der Waals surface area contributed by atoms with Crippen molar-refractivity contribution in [2.75, 3.05) is 6.61 Å². The Morgan fingerprint density at radius 3 is 2.79 bits per heavy atom. The molecule has 0 aromatic carbocycles. The Morgan fingerprint density at radius 2 is 2.11 bits per heavy atom. The van der Waals surface area contributed by atoms with Crippen LogP contribution in [-0.2, 0) is 0 Å². The van der Waals surface area contributed by atoms with Crippen LogP contribution in [0, 0.1) is 12.8 Å². The van der Waals surface area contributed by atoms with E-state index in [1.807, 2.05) is 13.0 Å². The third-order valence-corrected chi connectivity index (χ3v) is 3.29. The number of pyridine rings is 1. The van der Waals surface area contributed by atoms with Crippen LogP contribution < -0.4 is 4.74 Å². The average Bonchev–Trinajstić information content (AvgIpc) is 3.22. The van der Waals surface area contributed by atoms with Crippen molar-refractivity contribution in [1.29, 1.82) is 0 Å². The van der Waals surface area contributed by atoms with Gasteiger partial charge in [0.15, 0.2) is 0 Å². The summed E-state index contributed by atoms with van der Waals surface area (Å²) in [6.07, 6.45) is 5.99. The Labute approximate surface area is 116 Å². The van der Waals surface area contributed by atoms with Crippen LogP contribution in [0.25, 0.3) is 11.1 Å². The highest BCUT2D eigenvalue weighted by atomic mass is 35.5. The van der Waals surface area contributed by atoms with Gasteiger partial charge in [-0.2, -0.15) is 4.98 Å². The van der Waals surface area contributed by atoms with Crippen LogP contribution in [0.15, 0.2) is 24.5 Å². The van der Waals surface area contributed by atoms with Crippen molar-refractivity contribution in [2.24, 2.45) is 5.92 Å². The second-order valence-corrected chi connectivity index (χ2v) is 5.15. The van der Waals surface area contributed by atoms with Crippen molar-refractivity contribution in [1.82, 2.24) is 15.0 Å². The van der Waals surface area contributed by atoms with E-state index in [0.29, 0.717) is 22.8 Å². The highest BCUT2D eigenvalue weighted by Gasteiger charge is 2.23. The molecule has 0 unspecified atom stereocenters. The molecule has 0 spiro atoms. The van der Waals surface area contributed by atoms with Crippen LogP contribution in [0.3, 0.4) is 0 Å². The number of hydrogen-bond donors (Lipinski definition) is 0. The summed E-state index contributed by atoms with van der Waals surface area (Å²) in [6.45, 7) is 2.58. The molecule has 1 saturated carbocycles. The maximum absolute atomic E-state index is 5.81. The van der Waals surface area contributed by atoms with Gasteiger partial charge in [-0.1, -0.05) is 11.6 Å². The maximum Gasteiger partial charge on any atom is 0.224 e. The van der Waals surface area contributed by atoms with Crippen molar-refractivity contribution in [3.63, 3.8) is 0 Å². The fourth-order valence-corrected chi connectivity index (χ4v) is 1.89. The van der Waals surface area contributed by atoms with Gasteiger partial charge in [0, 0.05) is 18.0 Å². The van der Waals surface area contributed by atoms with Gasteiger partial charge in [-0.15, -0.1) is 0 Å². The summed E-state index contributed by atoms with van der Waals surface area (Å²) in [4.78, 5) is 12.7. The van der Waals surface area contributed by atoms with Crippen LogP contribution >= 0.6 is 11.6 Å². The lowest BCUT2D eigenvalue weighted by atomic mass is 10.1. The zero-order chi connectivity index (χ0) is 13.2. The van der Waals surface area contributed by atoms with Crippen molar-refractivity contribution in [3.8, 4) is 17.0 Å². The molecule has 0 amide bonds. The fourth-order valence-electron chi connectivity index (χ4n) is 1.77. The molecule has 5 heteroatoms. The van der Waals surface area contributed by atoms with E-state index >= 15 is 0 Å². The number of ether oxygens (including phenoxy) is 1. The minimum Gasteiger partial charge on any atom is -0.477 e. The quantitative estimate of drug-likeness (QED) is 0.804. The Kier molecular flexibility index (Phi) is 3.34. The fraction of sp³-hybridized carbons (Fsp3) is 0.357. The number of nitrogens with zero attached hydrogens (tertiary/aromatic N) is 3. The monoisotopic (exact) mass is 275 g/mol. The van der Waals surface area contributed by atoms with Gasteiger partial charge >= 0.3 is 0 Å². The summed E-state index contributed by atoms with van der Waals surface area (Å²) in [5, 5.41) is 0.470. The average molecular weight is 276 g/mol. The maximum atomic E-state index is 5.81. The molecule has 1 fully saturated rings. The first-order valence-corrected chi connectivity index (χ1v) is 6.68. The lowest BCUT2D eigenvalue weighted by Crippen LogP contribution is -2.04. The van der Waals surface area contributed by atoms with E-state index in [-0.39, 0.29) is 0 Å². The predicted octanol–water partition coefficient (Wildman–Crippen LogP) is 3.29. The van der Waals surface area contributed by atoms with Gasteiger partial charge in [0.1, 0.15) is 11.0 Å². The van der Waals surface area contributed by atoms with Crippen LogP contribution in [0.2, 0.25) is 5.15 Å². The first-order valence-electron chi connectivity index (χ1n) is 6.31. The van der Waals surface area contributed by atoms with Crippen LogP contribution in [0.1, 0.15) is 18.7 Å². The molecule has 0 saturated heterocycles. The van der Waals surface area contributed by atoms with E-state index in [1.54, 1.807) is 18.5 Å². The standard InChI is InChI=1S/C14H14ClN3O/c1-9-16-7-12(11-4-5-13(15)17-6-11)14(18-9)19-8-10-2-3-10/h4-7,10H,2-3,8H2,1H3. The Hall–Kier alpha value is -1.68. The lowest BCUT2D eigenvalue weighted by Gasteiger charge is -2.10. The van der Waals surface area contributed by atoms with E-state index in [9.17, 15) is 0 Å². The van der Waals surface area contributed by atoms with E-state index in [1.165, 1.54) is 12.8 Å².